The van der Waals surface area contributed by atoms with Gasteiger partial charge in [-0.1, -0.05) is 24.8 Å². The van der Waals surface area contributed by atoms with Crippen molar-refractivity contribution in [3.63, 3.8) is 0 Å². The van der Waals surface area contributed by atoms with Crippen molar-refractivity contribution in [1.82, 2.24) is 19.7 Å². The van der Waals surface area contributed by atoms with Crippen LogP contribution < -0.4 is 4.90 Å². The molecule has 6 heteroatoms. The molecular weight excluding hydrogens is 413 g/mol. The fourth-order valence-electron chi connectivity index (χ4n) is 4.37. The van der Waals surface area contributed by atoms with E-state index in [0.717, 1.165) is 45.3 Å². The molecule has 0 unspecified atom stereocenters. The molecule has 0 N–H and O–H groups in total. The second kappa shape index (κ2) is 7.96. The van der Waals surface area contributed by atoms with Gasteiger partial charge in [0, 0.05) is 17.3 Å². The third-order valence-corrected chi connectivity index (χ3v) is 6.26. The van der Waals surface area contributed by atoms with Gasteiger partial charge in [0.2, 0.25) is 0 Å². The molecule has 0 bridgehead atoms. The van der Waals surface area contributed by atoms with Crippen molar-refractivity contribution in [3.05, 3.63) is 89.5 Å². The zero-order valence-corrected chi connectivity index (χ0v) is 19.3. The van der Waals surface area contributed by atoms with Crippen LogP contribution in [0.4, 0.5) is 10.2 Å². The molecule has 3 heterocycles. The first-order valence-electron chi connectivity index (χ1n) is 11.1. The summed E-state index contributed by atoms with van der Waals surface area (Å²) in [6.07, 6.45) is 1.74. The summed E-state index contributed by atoms with van der Waals surface area (Å²) < 4.78 is 16.0. The van der Waals surface area contributed by atoms with E-state index in [0.29, 0.717) is 12.1 Å². The molecule has 1 aliphatic heterocycles. The van der Waals surface area contributed by atoms with Gasteiger partial charge in [-0.2, -0.15) is 0 Å². The van der Waals surface area contributed by atoms with Crippen LogP contribution in [-0.4, -0.2) is 19.7 Å². The quantitative estimate of drug-likeness (QED) is 0.372. The van der Waals surface area contributed by atoms with Gasteiger partial charge < -0.3 is 9.47 Å². The summed E-state index contributed by atoms with van der Waals surface area (Å²) in [5, 5.41) is 8.35. The molecule has 0 fully saturated rings. The predicted octanol–water partition coefficient (Wildman–Crippen LogP) is 6.33. The van der Waals surface area contributed by atoms with E-state index in [1.807, 2.05) is 35.8 Å². The second-order valence-electron chi connectivity index (χ2n) is 8.86. The van der Waals surface area contributed by atoms with Gasteiger partial charge >= 0.3 is 0 Å². The summed E-state index contributed by atoms with van der Waals surface area (Å²) in [6.45, 7) is 13.0. The molecule has 5 nitrogen and oxygen atoms in total. The van der Waals surface area contributed by atoms with E-state index in [-0.39, 0.29) is 11.9 Å². The molecule has 0 saturated heterocycles. The van der Waals surface area contributed by atoms with E-state index in [4.69, 9.17) is 4.98 Å². The summed E-state index contributed by atoms with van der Waals surface area (Å²) in [5.74, 6) is 1.40. The maximum atomic E-state index is 14.0. The van der Waals surface area contributed by atoms with Crippen molar-refractivity contribution >= 4 is 11.5 Å². The maximum Gasteiger partial charge on any atom is 0.182 e. The Morgan fingerprint density at radius 3 is 2.61 bits per heavy atom. The van der Waals surface area contributed by atoms with Crippen molar-refractivity contribution < 1.29 is 4.39 Å². The van der Waals surface area contributed by atoms with Gasteiger partial charge in [-0.3, -0.25) is 0 Å². The lowest BCUT2D eigenvalue weighted by Crippen LogP contribution is -2.15. The maximum absolute atomic E-state index is 14.0. The lowest BCUT2D eigenvalue weighted by molar-refractivity contribution is 0.603. The molecular formula is C27H26FN5. The molecule has 5 rings (SSSR count). The number of pyridine rings is 1. The number of hydrogen-bond acceptors (Lipinski definition) is 4. The van der Waals surface area contributed by atoms with E-state index >= 15 is 0 Å². The van der Waals surface area contributed by atoms with Gasteiger partial charge in [-0.15, -0.1) is 10.2 Å². The number of halogens is 1. The third-order valence-electron chi connectivity index (χ3n) is 6.26. The van der Waals surface area contributed by atoms with Crippen LogP contribution in [0, 0.1) is 19.7 Å². The van der Waals surface area contributed by atoms with Crippen LogP contribution in [0.3, 0.4) is 0 Å². The molecule has 0 radical (unpaired) electrons. The Morgan fingerprint density at radius 1 is 1.00 bits per heavy atom. The summed E-state index contributed by atoms with van der Waals surface area (Å²) in [5.41, 5.74) is 7.62. The minimum Gasteiger partial charge on any atom is -0.322 e. The average Bonchev–Trinajstić information content (AvgIpc) is 3.42. The highest BCUT2D eigenvalue weighted by Crippen LogP contribution is 2.38. The zero-order valence-electron chi connectivity index (χ0n) is 19.3. The number of fused-ring (bicyclic) bond motifs is 1. The highest BCUT2D eigenvalue weighted by molar-refractivity contribution is 5.85. The van der Waals surface area contributed by atoms with Crippen molar-refractivity contribution in [2.45, 2.75) is 40.3 Å². The van der Waals surface area contributed by atoms with Gasteiger partial charge in [-0.05, 0) is 85.8 Å². The van der Waals surface area contributed by atoms with Gasteiger partial charge in [0.05, 0.1) is 6.54 Å². The molecule has 166 valence electrons. The van der Waals surface area contributed by atoms with Crippen molar-refractivity contribution in [1.29, 1.82) is 0 Å². The Balaban J connectivity index is 1.49. The molecule has 0 aliphatic carbocycles. The fourth-order valence-corrected chi connectivity index (χ4v) is 4.37. The zero-order chi connectivity index (χ0) is 23.3. The van der Waals surface area contributed by atoms with Gasteiger partial charge in [-0.25, -0.2) is 9.37 Å². The van der Waals surface area contributed by atoms with Crippen molar-refractivity contribution in [2.24, 2.45) is 0 Å². The molecule has 0 saturated carbocycles. The van der Waals surface area contributed by atoms with Crippen LogP contribution in [0.15, 0.2) is 61.4 Å². The lowest BCUT2D eigenvalue weighted by atomic mass is 9.95. The monoisotopic (exact) mass is 439 g/mol. The molecule has 2 aromatic carbocycles. The molecule has 0 amide bonds. The second-order valence-corrected chi connectivity index (χ2v) is 8.86. The average molecular weight is 440 g/mol. The summed E-state index contributed by atoms with van der Waals surface area (Å²) in [6, 6.07) is 16.1. The Morgan fingerprint density at radius 2 is 1.82 bits per heavy atom. The standard InChI is InChI=1S/C27H26FN5/c1-16(2)33-15-29-31-27(33)25-7-6-8-26(30-25)32-14-21-10-9-20(13-23(21)19(32)5)22-11-18(4)24(28)12-17(22)3/h6-13,15-16H,5,14H2,1-4H3. The summed E-state index contributed by atoms with van der Waals surface area (Å²) >= 11 is 0. The Labute approximate surface area is 193 Å². The minimum atomic E-state index is -0.174. The Kier molecular flexibility index (Phi) is 5.08. The first-order valence-corrected chi connectivity index (χ1v) is 11.1. The number of hydrogen-bond donors (Lipinski definition) is 0. The van der Waals surface area contributed by atoms with Crippen molar-refractivity contribution in [2.75, 3.05) is 4.90 Å². The van der Waals surface area contributed by atoms with Crippen LogP contribution in [0.1, 0.15) is 42.1 Å². The normalized spacial score (nSPS) is 13.2. The number of aromatic nitrogens is 4. The SMILES string of the molecule is C=C1c2cc(-c3cc(C)c(F)cc3C)ccc2CN1c1cccc(-c2nncn2C(C)C)n1. The fraction of sp³-hybridized carbons (Fsp3) is 0.222. The first-order chi connectivity index (χ1) is 15.8. The van der Waals surface area contributed by atoms with E-state index in [2.05, 4.69) is 53.7 Å². The number of aryl methyl sites for hydroxylation is 2. The summed E-state index contributed by atoms with van der Waals surface area (Å²) in [4.78, 5) is 7.01. The minimum absolute atomic E-state index is 0.174. The van der Waals surface area contributed by atoms with Gasteiger partial charge in [0.25, 0.3) is 0 Å². The molecule has 2 aromatic heterocycles. The lowest BCUT2D eigenvalue weighted by Gasteiger charge is -2.19. The number of benzene rings is 2. The molecule has 0 spiro atoms. The first kappa shape index (κ1) is 21.1. The van der Waals surface area contributed by atoms with Crippen LogP contribution in [0.25, 0.3) is 28.3 Å². The van der Waals surface area contributed by atoms with E-state index in [1.165, 1.54) is 5.56 Å². The molecule has 0 atom stereocenters. The predicted molar refractivity (Wildman–Crippen MR) is 130 cm³/mol. The highest BCUT2D eigenvalue weighted by atomic mass is 19.1. The molecule has 4 aromatic rings. The highest BCUT2D eigenvalue weighted by Gasteiger charge is 2.26. The topological polar surface area (TPSA) is 46.8 Å². The molecule has 1 aliphatic rings. The van der Waals surface area contributed by atoms with Crippen LogP contribution in [0.5, 0.6) is 0 Å². The van der Waals surface area contributed by atoms with Crippen molar-refractivity contribution in [3.8, 4) is 22.6 Å². The Hall–Kier alpha value is -3.80. The van der Waals surface area contributed by atoms with Crippen LogP contribution >= 0.6 is 0 Å². The summed E-state index contributed by atoms with van der Waals surface area (Å²) in [7, 11) is 0. The smallest absolute Gasteiger partial charge is 0.182 e. The Bertz CT molecular complexity index is 1390. The largest absolute Gasteiger partial charge is 0.322 e. The van der Waals surface area contributed by atoms with E-state index in [9.17, 15) is 4.39 Å². The number of nitrogens with zero attached hydrogens (tertiary/aromatic N) is 5. The number of rotatable bonds is 4. The third kappa shape index (κ3) is 3.61. The van der Waals surface area contributed by atoms with Gasteiger partial charge in [0.15, 0.2) is 5.82 Å². The van der Waals surface area contributed by atoms with Gasteiger partial charge in [0.1, 0.15) is 23.7 Å². The molecule has 33 heavy (non-hydrogen) atoms. The van der Waals surface area contributed by atoms with E-state index < -0.39 is 0 Å². The van der Waals surface area contributed by atoms with E-state index in [1.54, 1.807) is 19.3 Å². The van der Waals surface area contributed by atoms with Crippen LogP contribution in [-0.2, 0) is 6.54 Å². The number of anilines is 1. The van der Waals surface area contributed by atoms with Crippen LogP contribution in [0.2, 0.25) is 0 Å².